The van der Waals surface area contributed by atoms with Crippen LogP contribution in [0.5, 0.6) is 11.5 Å². The lowest BCUT2D eigenvalue weighted by molar-refractivity contribution is 0.352. The summed E-state index contributed by atoms with van der Waals surface area (Å²) in [4.78, 5) is 0. The maximum atomic E-state index is 11.4. The van der Waals surface area contributed by atoms with Crippen LogP contribution in [0.1, 0.15) is 18.5 Å². The Bertz CT molecular complexity index is 758. The topological polar surface area (TPSA) is 142 Å². The number of hydrazine groups is 1. The third-order valence-corrected chi connectivity index (χ3v) is 4.58. The summed E-state index contributed by atoms with van der Waals surface area (Å²) < 4.78 is 55.4. The van der Waals surface area contributed by atoms with Crippen LogP contribution in [0, 0.1) is 0 Å². The lowest BCUT2D eigenvalue weighted by Crippen LogP contribution is -2.38. The number of hydrogen-bond acceptors (Lipinski definition) is 8. The number of nitrogens with two attached hydrogens (primary N) is 2. The molecule has 112 valence electrons. The molecule has 1 aromatic rings. The molecule has 2 rings (SSSR count). The molecule has 0 amide bonds. The van der Waals surface area contributed by atoms with Crippen LogP contribution >= 0.6 is 0 Å². The van der Waals surface area contributed by atoms with E-state index in [-0.39, 0.29) is 22.7 Å². The smallest absolute Gasteiger partial charge is 0.396 e. The van der Waals surface area contributed by atoms with Crippen LogP contribution in [0.2, 0.25) is 0 Å². The van der Waals surface area contributed by atoms with E-state index >= 15 is 0 Å². The maximum Gasteiger partial charge on any atom is 0.501 e. The highest BCUT2D eigenvalue weighted by molar-refractivity contribution is 7.88. The number of hydrogen-bond donors (Lipinski definition) is 2. The minimum atomic E-state index is -4.23. The van der Waals surface area contributed by atoms with Crippen molar-refractivity contribution in [1.82, 2.24) is 4.41 Å². The van der Waals surface area contributed by atoms with Gasteiger partial charge in [-0.25, -0.2) is 8.42 Å². The van der Waals surface area contributed by atoms with Crippen LogP contribution in [-0.2, 0) is 20.4 Å². The van der Waals surface area contributed by atoms with Crippen molar-refractivity contribution in [3.05, 3.63) is 17.7 Å². The number of rotatable bonds is 3. The number of fused-ring (bicyclic) bond motifs is 1. The van der Waals surface area contributed by atoms with E-state index in [1.165, 1.54) is 19.1 Å². The molecule has 0 fully saturated rings. The van der Waals surface area contributed by atoms with E-state index in [9.17, 15) is 16.8 Å². The van der Waals surface area contributed by atoms with Gasteiger partial charge in [-0.2, -0.15) is 0 Å². The Morgan fingerprint density at radius 2 is 1.80 bits per heavy atom. The molecule has 11 heteroatoms. The molecule has 1 aromatic carbocycles. The zero-order valence-corrected chi connectivity index (χ0v) is 12.2. The first-order valence-corrected chi connectivity index (χ1v) is 8.51. The molecule has 4 N–H and O–H groups in total. The Morgan fingerprint density at radius 3 is 2.35 bits per heavy atom. The standard InChI is InChI=1S/C9H13N3O6S2/c1-5(12(11)19(2,13)14)6-3-4-7(10)9-8(6)17-20(15,16)18-9/h3-5H,10-11H2,1-2H3. The van der Waals surface area contributed by atoms with Crippen LogP contribution in [0.4, 0.5) is 5.69 Å². The second-order valence-corrected chi connectivity index (χ2v) is 7.28. The molecule has 0 spiro atoms. The highest BCUT2D eigenvalue weighted by atomic mass is 32.3. The number of nitrogens with zero attached hydrogens (tertiary/aromatic N) is 1. The zero-order chi connectivity index (χ0) is 15.3. The molecule has 20 heavy (non-hydrogen) atoms. The Kier molecular flexibility index (Phi) is 3.32. The Balaban J connectivity index is 2.54. The highest BCUT2D eigenvalue weighted by Crippen LogP contribution is 2.46. The summed E-state index contributed by atoms with van der Waals surface area (Å²) in [5.41, 5.74) is 5.87. The van der Waals surface area contributed by atoms with Gasteiger partial charge in [0.1, 0.15) is 0 Å². The van der Waals surface area contributed by atoms with Gasteiger partial charge in [-0.3, -0.25) is 5.84 Å². The molecule has 9 nitrogen and oxygen atoms in total. The molecule has 1 heterocycles. The van der Waals surface area contributed by atoms with Gasteiger partial charge in [0.25, 0.3) is 0 Å². The predicted molar refractivity (Wildman–Crippen MR) is 70.3 cm³/mol. The van der Waals surface area contributed by atoms with E-state index in [1.807, 2.05) is 0 Å². The highest BCUT2D eigenvalue weighted by Gasteiger charge is 2.36. The summed E-state index contributed by atoms with van der Waals surface area (Å²) in [5, 5.41) is 0. The summed E-state index contributed by atoms with van der Waals surface area (Å²) in [6, 6.07) is 1.94. The first-order valence-electron chi connectivity index (χ1n) is 5.33. The minimum absolute atomic E-state index is 0.0555. The fourth-order valence-corrected chi connectivity index (χ4v) is 3.21. The van der Waals surface area contributed by atoms with Crippen molar-refractivity contribution in [2.75, 3.05) is 12.0 Å². The summed E-state index contributed by atoms with van der Waals surface area (Å²) in [6.45, 7) is 1.47. The van der Waals surface area contributed by atoms with E-state index in [1.54, 1.807) is 0 Å². The molecule has 0 bridgehead atoms. The SMILES string of the molecule is CC(c1ccc(N)c2c1OS(=O)(=O)O2)N(N)S(C)(=O)=O. The second-order valence-electron chi connectivity index (χ2n) is 4.25. The third-order valence-electron chi connectivity index (χ3n) is 2.76. The largest absolute Gasteiger partial charge is 0.501 e. The summed E-state index contributed by atoms with van der Waals surface area (Å²) >= 11 is 0. The Hall–Kier alpha value is -1.56. The minimum Gasteiger partial charge on any atom is -0.396 e. The fraction of sp³-hybridized carbons (Fsp3) is 0.333. The van der Waals surface area contributed by atoms with Gasteiger partial charge in [0.2, 0.25) is 15.8 Å². The lowest BCUT2D eigenvalue weighted by atomic mass is 10.1. The van der Waals surface area contributed by atoms with Crippen molar-refractivity contribution in [1.29, 1.82) is 0 Å². The van der Waals surface area contributed by atoms with Gasteiger partial charge in [-0.15, -0.1) is 12.8 Å². The fourth-order valence-electron chi connectivity index (χ4n) is 1.74. The van der Waals surface area contributed by atoms with Crippen LogP contribution in [0.25, 0.3) is 0 Å². The molecule has 0 saturated heterocycles. The molecule has 1 unspecified atom stereocenters. The van der Waals surface area contributed by atoms with E-state index in [4.69, 9.17) is 11.6 Å². The Morgan fingerprint density at radius 1 is 1.25 bits per heavy atom. The zero-order valence-electron chi connectivity index (χ0n) is 10.6. The summed E-state index contributed by atoms with van der Waals surface area (Å²) in [5.74, 6) is 5.17. The molecule has 0 saturated carbocycles. The maximum absolute atomic E-state index is 11.4. The summed E-state index contributed by atoms with van der Waals surface area (Å²) in [7, 11) is -7.91. The average Bonchev–Trinajstić information content (AvgIpc) is 2.63. The molecular weight excluding hydrogens is 310 g/mol. The second kappa shape index (κ2) is 4.48. The lowest BCUT2D eigenvalue weighted by Gasteiger charge is -2.22. The van der Waals surface area contributed by atoms with Gasteiger partial charge in [0, 0.05) is 5.56 Å². The molecule has 0 aliphatic carbocycles. The number of anilines is 1. The molecule has 1 atom stereocenters. The van der Waals surface area contributed by atoms with E-state index in [0.29, 0.717) is 4.41 Å². The van der Waals surface area contributed by atoms with Crippen molar-refractivity contribution in [3.63, 3.8) is 0 Å². The van der Waals surface area contributed by atoms with Gasteiger partial charge in [0.05, 0.1) is 18.0 Å². The van der Waals surface area contributed by atoms with Crippen LogP contribution in [-0.4, -0.2) is 27.5 Å². The normalized spacial score (nSPS) is 18.2. The molecule has 1 aliphatic rings. The van der Waals surface area contributed by atoms with Crippen molar-refractivity contribution in [2.24, 2.45) is 5.84 Å². The predicted octanol–water partition coefficient (Wildman–Crippen LogP) is -0.519. The van der Waals surface area contributed by atoms with Crippen LogP contribution < -0.4 is 19.9 Å². The van der Waals surface area contributed by atoms with Crippen LogP contribution in [0.15, 0.2) is 12.1 Å². The van der Waals surface area contributed by atoms with Crippen LogP contribution in [0.3, 0.4) is 0 Å². The van der Waals surface area contributed by atoms with Gasteiger partial charge < -0.3 is 14.1 Å². The first-order chi connectivity index (χ1) is 9.03. The van der Waals surface area contributed by atoms with Gasteiger partial charge in [0.15, 0.2) is 5.75 Å². The quantitative estimate of drug-likeness (QED) is 0.430. The number of benzene rings is 1. The number of sulfonamides is 1. The molecule has 0 aromatic heterocycles. The van der Waals surface area contributed by atoms with E-state index in [0.717, 1.165) is 6.26 Å². The first kappa shape index (κ1) is 14.8. The van der Waals surface area contributed by atoms with Crippen molar-refractivity contribution in [3.8, 4) is 11.5 Å². The van der Waals surface area contributed by atoms with Crippen molar-refractivity contribution >= 4 is 26.1 Å². The summed E-state index contributed by atoms with van der Waals surface area (Å²) in [6.07, 6.45) is 0.926. The molecule has 0 radical (unpaired) electrons. The van der Waals surface area contributed by atoms with Gasteiger partial charge in [-0.05, 0) is 13.0 Å². The van der Waals surface area contributed by atoms with Crippen molar-refractivity contribution < 1.29 is 25.2 Å². The Labute approximate surface area is 116 Å². The van der Waals surface area contributed by atoms with Crippen molar-refractivity contribution in [2.45, 2.75) is 13.0 Å². The monoisotopic (exact) mass is 323 g/mol. The van der Waals surface area contributed by atoms with Gasteiger partial charge in [-0.1, -0.05) is 6.07 Å². The molecule has 1 aliphatic heterocycles. The third kappa shape index (κ3) is 2.52. The van der Waals surface area contributed by atoms with E-state index < -0.39 is 26.5 Å². The van der Waals surface area contributed by atoms with E-state index in [2.05, 4.69) is 8.37 Å². The van der Waals surface area contributed by atoms with Gasteiger partial charge >= 0.3 is 10.4 Å². The molecular formula is C9H13N3O6S2. The number of nitrogen functional groups attached to an aromatic ring is 1. The average molecular weight is 323 g/mol.